The van der Waals surface area contributed by atoms with E-state index < -0.39 is 0 Å². The fourth-order valence-corrected chi connectivity index (χ4v) is 3.88. The second-order valence-electron chi connectivity index (χ2n) is 6.98. The molecule has 1 aliphatic rings. The van der Waals surface area contributed by atoms with Gasteiger partial charge in [0.05, 0.1) is 19.6 Å². The van der Waals surface area contributed by atoms with Crippen molar-refractivity contribution in [1.82, 2.24) is 0 Å². The van der Waals surface area contributed by atoms with Gasteiger partial charge in [0.25, 0.3) is 5.91 Å². The van der Waals surface area contributed by atoms with Gasteiger partial charge in [0.2, 0.25) is 0 Å². The largest absolute Gasteiger partial charge is 0.320 e. The number of carbonyl (C=O) groups excluding carboxylic acids is 1. The van der Waals surface area contributed by atoms with E-state index in [1.807, 2.05) is 20.8 Å². The van der Waals surface area contributed by atoms with Crippen LogP contribution in [-0.2, 0) is 37.5 Å². The van der Waals surface area contributed by atoms with Crippen LogP contribution in [0.5, 0.6) is 0 Å². The first-order valence-electron chi connectivity index (χ1n) is 8.83. The van der Waals surface area contributed by atoms with Crippen molar-refractivity contribution in [1.29, 1.82) is 0 Å². The van der Waals surface area contributed by atoms with E-state index in [0.29, 0.717) is 0 Å². The summed E-state index contributed by atoms with van der Waals surface area (Å²) in [4.78, 5) is 12.9. The second kappa shape index (κ2) is 9.40. The molecule has 1 aromatic rings. The Kier molecular flexibility index (Phi) is 8.51. The number of rotatable bonds is 4. The molecule has 0 spiro atoms. The Hall–Kier alpha value is -0.316. The van der Waals surface area contributed by atoms with Gasteiger partial charge < -0.3 is 9.80 Å². The predicted octanol–water partition coefficient (Wildman–Crippen LogP) is 4.18. The molecule has 2 rings (SSSR count). The Morgan fingerprint density at radius 3 is 2.12 bits per heavy atom. The standard InChI is InChI=1S/C19H29FN2O.Y/c1-5-22(10-8-6-7-9-11-22)16(4)19(23)21-18-14(2)12-17(20)13-15(18)3;/h12-13,16H,5-11H2,1-4H3;/p+1. The van der Waals surface area contributed by atoms with E-state index in [-0.39, 0.29) is 50.5 Å². The smallest absolute Gasteiger partial charge is 0.282 e. The number of aryl methyl sites for hydroxylation is 2. The van der Waals surface area contributed by atoms with Crippen LogP contribution < -0.4 is 5.32 Å². The maximum Gasteiger partial charge on any atom is 0.282 e. The summed E-state index contributed by atoms with van der Waals surface area (Å²) in [6.07, 6.45) is 4.93. The maximum absolute atomic E-state index is 13.4. The summed E-state index contributed by atoms with van der Waals surface area (Å²) in [6, 6.07) is 2.87. The number of nitrogens with zero attached hydrogens (tertiary/aromatic N) is 1. The van der Waals surface area contributed by atoms with Gasteiger partial charge in [-0.15, -0.1) is 0 Å². The summed E-state index contributed by atoms with van der Waals surface area (Å²) < 4.78 is 14.3. The zero-order valence-corrected chi connectivity index (χ0v) is 18.3. The van der Waals surface area contributed by atoms with Gasteiger partial charge in [0, 0.05) is 38.4 Å². The molecule has 0 aromatic heterocycles. The van der Waals surface area contributed by atoms with Gasteiger partial charge in [-0.05, 0) is 76.6 Å². The molecule has 0 aliphatic carbocycles. The van der Waals surface area contributed by atoms with Crippen molar-refractivity contribution in [2.45, 2.75) is 59.4 Å². The molecule has 1 radical (unpaired) electrons. The van der Waals surface area contributed by atoms with Crippen molar-refractivity contribution in [3.63, 3.8) is 0 Å². The number of hydrogen-bond acceptors (Lipinski definition) is 1. The molecular weight excluding hydrogens is 380 g/mol. The Labute approximate surface area is 170 Å². The zero-order chi connectivity index (χ0) is 17.0. The van der Waals surface area contributed by atoms with Crippen LogP contribution in [0.4, 0.5) is 10.1 Å². The number of benzene rings is 1. The number of amides is 1. The van der Waals surface area contributed by atoms with Gasteiger partial charge in [-0.3, -0.25) is 4.79 Å². The van der Waals surface area contributed by atoms with Gasteiger partial charge in [0.1, 0.15) is 5.82 Å². The molecule has 24 heavy (non-hydrogen) atoms. The number of nitrogens with one attached hydrogen (secondary N) is 1. The minimum absolute atomic E-state index is 0. The van der Waals surface area contributed by atoms with Crippen molar-refractivity contribution < 1.29 is 46.4 Å². The van der Waals surface area contributed by atoms with Crippen LogP contribution in [0.15, 0.2) is 12.1 Å². The van der Waals surface area contributed by atoms with Crippen molar-refractivity contribution in [2.75, 3.05) is 25.0 Å². The Balaban J connectivity index is 0.00000288. The van der Waals surface area contributed by atoms with Gasteiger partial charge in [-0.1, -0.05) is 0 Å². The minimum atomic E-state index is -0.254. The average Bonchev–Trinajstić information content (AvgIpc) is 2.76. The van der Waals surface area contributed by atoms with E-state index in [1.165, 1.54) is 37.8 Å². The first kappa shape index (κ1) is 21.7. The Bertz CT molecular complexity index is 545. The maximum atomic E-state index is 13.4. The molecular formula is C19H30FN2OY+. The first-order valence-corrected chi connectivity index (χ1v) is 8.83. The molecule has 1 aromatic carbocycles. The third kappa shape index (κ3) is 4.86. The zero-order valence-electron chi connectivity index (χ0n) is 15.5. The Morgan fingerprint density at radius 2 is 1.67 bits per heavy atom. The summed E-state index contributed by atoms with van der Waals surface area (Å²) in [6.45, 7) is 11.0. The molecule has 5 heteroatoms. The summed E-state index contributed by atoms with van der Waals surface area (Å²) in [5, 5.41) is 3.06. The molecule has 131 valence electrons. The molecule has 1 amide bonds. The minimum Gasteiger partial charge on any atom is -0.320 e. The summed E-state index contributed by atoms with van der Waals surface area (Å²) in [7, 11) is 0. The van der Waals surface area contributed by atoms with Crippen molar-refractivity contribution in [3.8, 4) is 0 Å². The predicted molar refractivity (Wildman–Crippen MR) is 93.0 cm³/mol. The van der Waals surface area contributed by atoms with Gasteiger partial charge in [-0.2, -0.15) is 0 Å². The second-order valence-corrected chi connectivity index (χ2v) is 6.98. The van der Waals surface area contributed by atoms with Crippen molar-refractivity contribution in [2.24, 2.45) is 0 Å². The van der Waals surface area contributed by atoms with Gasteiger partial charge >= 0.3 is 0 Å². The summed E-state index contributed by atoms with van der Waals surface area (Å²) in [5.41, 5.74) is 2.32. The normalized spacial score (nSPS) is 18.2. The molecule has 0 bridgehead atoms. The van der Waals surface area contributed by atoms with Gasteiger partial charge in [0.15, 0.2) is 6.04 Å². The molecule has 1 aliphatic heterocycles. The number of quaternary nitrogens is 1. The number of halogens is 1. The third-order valence-electron chi connectivity index (χ3n) is 5.53. The third-order valence-corrected chi connectivity index (χ3v) is 5.53. The molecule has 1 unspecified atom stereocenters. The number of carbonyl (C=O) groups is 1. The Morgan fingerprint density at radius 1 is 1.17 bits per heavy atom. The van der Waals surface area contributed by atoms with Crippen LogP contribution in [0.2, 0.25) is 0 Å². The monoisotopic (exact) mass is 410 g/mol. The topological polar surface area (TPSA) is 29.1 Å². The number of likely N-dealkylation sites (tertiary alicyclic amines) is 1. The fraction of sp³-hybridized carbons (Fsp3) is 0.632. The van der Waals surface area contributed by atoms with Crippen LogP contribution in [0.25, 0.3) is 0 Å². The molecule has 1 saturated heterocycles. The van der Waals surface area contributed by atoms with Crippen molar-refractivity contribution >= 4 is 11.6 Å². The average molecular weight is 410 g/mol. The number of hydrogen-bond donors (Lipinski definition) is 1. The van der Waals surface area contributed by atoms with E-state index in [0.717, 1.165) is 40.9 Å². The molecule has 1 atom stereocenters. The quantitative estimate of drug-likeness (QED) is 0.742. The number of anilines is 1. The SMILES string of the molecule is CC[N+]1(C(C)C(=O)Nc2c(C)cc(F)cc2C)CCCCCC1.[Y]. The molecule has 0 saturated carbocycles. The van der Waals surface area contributed by atoms with Crippen LogP contribution in [0.3, 0.4) is 0 Å². The van der Waals surface area contributed by atoms with Gasteiger partial charge in [-0.25, -0.2) is 4.39 Å². The van der Waals surface area contributed by atoms with E-state index >= 15 is 0 Å². The molecule has 3 nitrogen and oxygen atoms in total. The van der Waals surface area contributed by atoms with E-state index in [1.54, 1.807) is 0 Å². The van der Waals surface area contributed by atoms with Crippen LogP contribution in [0, 0.1) is 19.7 Å². The molecule has 1 heterocycles. The van der Waals surface area contributed by atoms with E-state index in [9.17, 15) is 9.18 Å². The fourth-order valence-electron chi connectivity index (χ4n) is 3.88. The summed E-state index contributed by atoms with van der Waals surface area (Å²) in [5.74, 6) is -0.206. The first-order chi connectivity index (χ1) is 10.9. The van der Waals surface area contributed by atoms with Crippen LogP contribution in [-0.4, -0.2) is 36.1 Å². The molecule has 1 fully saturated rings. The van der Waals surface area contributed by atoms with Crippen molar-refractivity contribution in [3.05, 3.63) is 29.1 Å². The summed E-state index contributed by atoms with van der Waals surface area (Å²) >= 11 is 0. The number of likely N-dealkylation sites (N-methyl/N-ethyl adjacent to an activating group) is 1. The van der Waals surface area contributed by atoms with E-state index in [4.69, 9.17) is 0 Å². The van der Waals surface area contributed by atoms with Crippen LogP contribution >= 0.6 is 0 Å². The molecule has 1 N–H and O–H groups in total. The van der Waals surface area contributed by atoms with Crippen LogP contribution in [0.1, 0.15) is 50.7 Å². The van der Waals surface area contributed by atoms with E-state index in [2.05, 4.69) is 12.2 Å².